The van der Waals surface area contributed by atoms with Crippen molar-refractivity contribution in [3.8, 4) is 17.2 Å². The monoisotopic (exact) mass is 387 g/mol. The van der Waals surface area contributed by atoms with Gasteiger partial charge in [-0.3, -0.25) is 9.59 Å². The molecule has 28 heavy (non-hydrogen) atoms. The van der Waals surface area contributed by atoms with Crippen molar-refractivity contribution in [2.24, 2.45) is 0 Å². The van der Waals surface area contributed by atoms with Gasteiger partial charge in [-0.15, -0.1) is 0 Å². The number of aromatic amines is 1. The SMILES string of the molecule is C=C(C)COc1ccc([C@@H](CC(=O)OC)c2c(O)cc(C)[nH]c2=O)cc1OC. The quantitative estimate of drug-likeness (QED) is 0.534. The molecule has 1 heterocycles. The zero-order valence-corrected chi connectivity index (χ0v) is 16.5. The highest BCUT2D eigenvalue weighted by atomic mass is 16.5. The highest BCUT2D eigenvalue weighted by Gasteiger charge is 2.26. The van der Waals surface area contributed by atoms with Gasteiger partial charge in [0.25, 0.3) is 5.56 Å². The Kier molecular flexibility index (Phi) is 6.87. The van der Waals surface area contributed by atoms with Gasteiger partial charge in [0.05, 0.1) is 26.2 Å². The average molecular weight is 387 g/mol. The van der Waals surface area contributed by atoms with E-state index in [0.29, 0.717) is 29.4 Å². The third-order valence-corrected chi connectivity index (χ3v) is 4.20. The number of methoxy groups -OCH3 is 2. The Balaban J connectivity index is 2.54. The van der Waals surface area contributed by atoms with E-state index < -0.39 is 17.4 Å². The molecule has 0 saturated heterocycles. The molecule has 150 valence electrons. The molecule has 0 saturated carbocycles. The fourth-order valence-electron chi connectivity index (χ4n) is 2.88. The molecule has 0 unspecified atom stereocenters. The van der Waals surface area contributed by atoms with Crippen molar-refractivity contribution >= 4 is 5.97 Å². The molecule has 0 aliphatic heterocycles. The number of esters is 1. The van der Waals surface area contributed by atoms with Crippen LogP contribution in [0.25, 0.3) is 0 Å². The van der Waals surface area contributed by atoms with Crippen LogP contribution in [-0.4, -0.2) is 36.9 Å². The molecule has 2 rings (SSSR count). The second kappa shape index (κ2) is 9.12. The minimum Gasteiger partial charge on any atom is -0.507 e. The standard InChI is InChI=1S/C21H25NO6/c1-12(2)11-28-17-7-6-14(9-18(17)26-4)15(10-19(24)27-5)20-16(23)8-13(3)22-21(20)25/h6-9,15H,1,10-11H2,2-5H3,(H2,22,23,25)/t15-/m1/s1. The van der Waals surface area contributed by atoms with Gasteiger partial charge >= 0.3 is 5.97 Å². The summed E-state index contributed by atoms with van der Waals surface area (Å²) in [7, 11) is 2.77. The van der Waals surface area contributed by atoms with Crippen LogP contribution in [0, 0.1) is 6.92 Å². The number of aryl methyl sites for hydroxylation is 1. The second-order valence-electron chi connectivity index (χ2n) is 6.57. The van der Waals surface area contributed by atoms with E-state index in [1.165, 1.54) is 20.3 Å². The van der Waals surface area contributed by atoms with Crippen molar-refractivity contribution < 1.29 is 24.1 Å². The third-order valence-electron chi connectivity index (χ3n) is 4.20. The number of carbonyl (C=O) groups is 1. The van der Waals surface area contributed by atoms with Gasteiger partial charge in [0.1, 0.15) is 12.4 Å². The zero-order chi connectivity index (χ0) is 20.8. The number of hydrogen-bond donors (Lipinski definition) is 2. The maximum absolute atomic E-state index is 12.5. The first-order chi connectivity index (χ1) is 13.3. The van der Waals surface area contributed by atoms with Crippen molar-refractivity contribution in [2.45, 2.75) is 26.2 Å². The Morgan fingerprint density at radius 1 is 1.25 bits per heavy atom. The molecule has 1 aromatic carbocycles. The number of rotatable bonds is 8. The number of nitrogens with one attached hydrogen (secondary N) is 1. The van der Waals surface area contributed by atoms with Gasteiger partial charge in [0.2, 0.25) is 0 Å². The second-order valence-corrected chi connectivity index (χ2v) is 6.57. The normalized spacial score (nSPS) is 11.6. The molecule has 0 aliphatic carbocycles. The molecule has 1 aromatic heterocycles. The van der Waals surface area contributed by atoms with Crippen LogP contribution in [0.1, 0.15) is 36.1 Å². The van der Waals surface area contributed by atoms with E-state index in [-0.39, 0.29) is 17.7 Å². The number of H-pyrrole nitrogens is 1. The van der Waals surface area contributed by atoms with E-state index in [2.05, 4.69) is 11.6 Å². The lowest BCUT2D eigenvalue weighted by atomic mass is 9.88. The van der Waals surface area contributed by atoms with E-state index in [0.717, 1.165) is 5.57 Å². The number of benzene rings is 1. The Labute approximate surface area is 163 Å². The van der Waals surface area contributed by atoms with E-state index in [1.54, 1.807) is 25.1 Å². The summed E-state index contributed by atoms with van der Waals surface area (Å²) >= 11 is 0. The van der Waals surface area contributed by atoms with Crippen LogP contribution in [0.3, 0.4) is 0 Å². The molecule has 2 N–H and O–H groups in total. The lowest BCUT2D eigenvalue weighted by molar-refractivity contribution is -0.140. The first-order valence-electron chi connectivity index (χ1n) is 8.71. The van der Waals surface area contributed by atoms with Crippen LogP contribution in [0.15, 0.2) is 41.2 Å². The van der Waals surface area contributed by atoms with Gasteiger partial charge in [-0.1, -0.05) is 12.6 Å². The molecule has 0 fully saturated rings. The highest BCUT2D eigenvalue weighted by molar-refractivity contribution is 5.71. The molecule has 0 aliphatic rings. The minimum atomic E-state index is -0.721. The molecule has 0 radical (unpaired) electrons. The molecule has 0 amide bonds. The number of hydrogen-bond acceptors (Lipinski definition) is 6. The minimum absolute atomic E-state index is 0.0913. The molecular weight excluding hydrogens is 362 g/mol. The van der Waals surface area contributed by atoms with Gasteiger partial charge in [-0.25, -0.2) is 0 Å². The predicted octanol–water partition coefficient (Wildman–Crippen LogP) is 3.05. The number of aromatic hydroxyl groups is 1. The molecule has 2 aromatic rings. The summed E-state index contributed by atoms with van der Waals surface area (Å²) in [6.07, 6.45) is -0.120. The van der Waals surface area contributed by atoms with Crippen molar-refractivity contribution in [2.75, 3.05) is 20.8 Å². The van der Waals surface area contributed by atoms with Crippen molar-refractivity contribution in [1.82, 2.24) is 4.98 Å². The summed E-state index contributed by atoms with van der Waals surface area (Å²) < 4.78 is 15.8. The molecule has 0 bridgehead atoms. The highest BCUT2D eigenvalue weighted by Crippen LogP contribution is 2.37. The van der Waals surface area contributed by atoms with Gasteiger partial charge < -0.3 is 24.3 Å². The summed E-state index contributed by atoms with van der Waals surface area (Å²) in [6, 6.07) is 6.55. The Morgan fingerprint density at radius 2 is 1.96 bits per heavy atom. The summed E-state index contributed by atoms with van der Waals surface area (Å²) in [5.74, 6) is -0.465. The number of carbonyl (C=O) groups excluding carboxylic acids is 1. The number of pyridine rings is 1. The largest absolute Gasteiger partial charge is 0.507 e. The summed E-state index contributed by atoms with van der Waals surface area (Å²) in [6.45, 7) is 7.64. The third kappa shape index (κ3) is 4.94. The topological polar surface area (TPSA) is 97.9 Å². The van der Waals surface area contributed by atoms with Crippen LogP contribution in [0.4, 0.5) is 0 Å². The van der Waals surface area contributed by atoms with Gasteiger partial charge in [0, 0.05) is 11.6 Å². The van der Waals surface area contributed by atoms with Gasteiger partial charge in [-0.05, 0) is 43.2 Å². The van der Waals surface area contributed by atoms with Crippen molar-refractivity contribution in [3.63, 3.8) is 0 Å². The maximum atomic E-state index is 12.5. The fraction of sp³-hybridized carbons (Fsp3) is 0.333. The van der Waals surface area contributed by atoms with Crippen LogP contribution < -0.4 is 15.0 Å². The van der Waals surface area contributed by atoms with Crippen LogP contribution >= 0.6 is 0 Å². The van der Waals surface area contributed by atoms with Crippen LogP contribution in [0.5, 0.6) is 17.2 Å². The lowest BCUT2D eigenvalue weighted by Crippen LogP contribution is -2.21. The zero-order valence-electron chi connectivity index (χ0n) is 16.5. The van der Waals surface area contributed by atoms with E-state index in [1.807, 2.05) is 6.92 Å². The van der Waals surface area contributed by atoms with Gasteiger partial charge in [0.15, 0.2) is 11.5 Å². The first-order valence-corrected chi connectivity index (χ1v) is 8.71. The smallest absolute Gasteiger partial charge is 0.306 e. The molecule has 7 nitrogen and oxygen atoms in total. The Bertz CT molecular complexity index is 931. The van der Waals surface area contributed by atoms with E-state index >= 15 is 0 Å². The number of ether oxygens (including phenoxy) is 3. The Hall–Kier alpha value is -3.22. The van der Waals surface area contributed by atoms with Crippen molar-refractivity contribution in [1.29, 1.82) is 0 Å². The predicted molar refractivity (Wildman–Crippen MR) is 105 cm³/mol. The van der Waals surface area contributed by atoms with Gasteiger partial charge in [-0.2, -0.15) is 0 Å². The lowest BCUT2D eigenvalue weighted by Gasteiger charge is -2.19. The summed E-state index contributed by atoms with van der Waals surface area (Å²) in [5.41, 5.74) is 1.60. The summed E-state index contributed by atoms with van der Waals surface area (Å²) in [4.78, 5) is 27.1. The van der Waals surface area contributed by atoms with E-state index in [9.17, 15) is 14.7 Å². The molecule has 7 heteroatoms. The number of aromatic nitrogens is 1. The van der Waals surface area contributed by atoms with Crippen LogP contribution in [-0.2, 0) is 9.53 Å². The maximum Gasteiger partial charge on any atom is 0.306 e. The molecule has 0 spiro atoms. The molecular formula is C21H25NO6. The van der Waals surface area contributed by atoms with Crippen LogP contribution in [0.2, 0.25) is 0 Å². The first kappa shape index (κ1) is 21.1. The fourth-order valence-corrected chi connectivity index (χ4v) is 2.88. The molecule has 1 atom stereocenters. The van der Waals surface area contributed by atoms with Crippen molar-refractivity contribution in [3.05, 3.63) is 63.6 Å². The Morgan fingerprint density at radius 3 is 2.54 bits per heavy atom. The summed E-state index contributed by atoms with van der Waals surface area (Å²) in [5, 5.41) is 10.4. The van der Waals surface area contributed by atoms with E-state index in [4.69, 9.17) is 14.2 Å². The average Bonchev–Trinajstić information content (AvgIpc) is 2.64.